The Morgan fingerprint density at radius 2 is 2.17 bits per heavy atom. The van der Waals surface area contributed by atoms with Gasteiger partial charge in [-0.1, -0.05) is 0 Å². The average molecular weight is 250 g/mol. The van der Waals surface area contributed by atoms with Gasteiger partial charge >= 0.3 is 5.69 Å². The molecule has 0 fully saturated rings. The molecule has 0 aromatic carbocycles. The van der Waals surface area contributed by atoms with Gasteiger partial charge in [0.15, 0.2) is 5.82 Å². The van der Waals surface area contributed by atoms with E-state index in [1.807, 2.05) is 0 Å². The first-order chi connectivity index (χ1) is 8.61. The molecule has 2 aromatic heterocycles. The first kappa shape index (κ1) is 11.7. The summed E-state index contributed by atoms with van der Waals surface area (Å²) in [6, 6.07) is 1.65. The summed E-state index contributed by atoms with van der Waals surface area (Å²) in [6.45, 7) is 0. The summed E-state index contributed by atoms with van der Waals surface area (Å²) in [7, 11) is 1.73. The lowest BCUT2D eigenvalue weighted by Crippen LogP contribution is -2.12. The molecule has 2 rings (SSSR count). The smallest absolute Gasteiger partial charge is 0.317 e. The van der Waals surface area contributed by atoms with Crippen LogP contribution in [-0.4, -0.2) is 24.7 Å². The van der Waals surface area contributed by atoms with Crippen molar-refractivity contribution in [2.75, 3.05) is 10.7 Å². The van der Waals surface area contributed by atoms with Gasteiger partial charge in [0.1, 0.15) is 6.33 Å². The highest BCUT2D eigenvalue weighted by molar-refractivity contribution is 5.72. The molecule has 0 spiro atoms. The van der Waals surface area contributed by atoms with E-state index in [0.717, 1.165) is 6.33 Å². The molecule has 0 amide bonds. The fraction of sp³-hybridized carbons (Fsp3) is 0.125. The van der Waals surface area contributed by atoms with Gasteiger partial charge in [-0.25, -0.2) is 15.8 Å². The number of nitrogens with one attached hydrogen (secondary N) is 2. The van der Waals surface area contributed by atoms with E-state index in [0.29, 0.717) is 5.82 Å². The molecule has 0 atom stereocenters. The van der Waals surface area contributed by atoms with Gasteiger partial charge in [0.2, 0.25) is 11.6 Å². The Morgan fingerprint density at radius 1 is 1.44 bits per heavy atom. The number of hydrazine groups is 1. The number of nitro groups is 1. The van der Waals surface area contributed by atoms with Crippen molar-refractivity contribution in [1.82, 2.24) is 19.7 Å². The molecule has 2 aromatic rings. The Balaban J connectivity index is 2.41. The highest BCUT2D eigenvalue weighted by Gasteiger charge is 2.22. The Morgan fingerprint density at radius 3 is 2.72 bits per heavy atom. The molecule has 18 heavy (non-hydrogen) atoms. The third kappa shape index (κ3) is 2.17. The van der Waals surface area contributed by atoms with Crippen LogP contribution in [0, 0.1) is 10.1 Å². The minimum atomic E-state index is -0.625. The Labute approximate surface area is 101 Å². The van der Waals surface area contributed by atoms with Crippen molar-refractivity contribution in [2.45, 2.75) is 0 Å². The van der Waals surface area contributed by atoms with Crippen LogP contribution < -0.4 is 16.6 Å². The van der Waals surface area contributed by atoms with Crippen LogP contribution in [0.5, 0.6) is 0 Å². The Bertz CT molecular complexity index is 580. The largest absolute Gasteiger partial charge is 0.354 e. The summed E-state index contributed by atoms with van der Waals surface area (Å²) in [5.41, 5.74) is 1.81. The van der Waals surface area contributed by atoms with Crippen LogP contribution in [-0.2, 0) is 7.05 Å². The molecule has 2 heterocycles. The number of hydrogen-bond donors (Lipinski definition) is 3. The van der Waals surface area contributed by atoms with E-state index in [2.05, 4.69) is 25.8 Å². The summed E-state index contributed by atoms with van der Waals surface area (Å²) in [6.07, 6.45) is 2.85. The maximum atomic E-state index is 11.0. The van der Waals surface area contributed by atoms with Crippen molar-refractivity contribution in [3.63, 3.8) is 0 Å². The number of nitrogens with zero attached hydrogens (tertiary/aromatic N) is 5. The molecule has 94 valence electrons. The van der Waals surface area contributed by atoms with Crippen LogP contribution in [0.15, 0.2) is 18.6 Å². The zero-order valence-electron chi connectivity index (χ0n) is 9.36. The maximum absolute atomic E-state index is 11.0. The highest BCUT2D eigenvalue weighted by Crippen LogP contribution is 2.29. The second-order valence-corrected chi connectivity index (χ2v) is 3.32. The predicted octanol–water partition coefficient (Wildman–Crippen LogP) is 0.148. The molecule has 0 radical (unpaired) electrons. The van der Waals surface area contributed by atoms with Gasteiger partial charge in [-0.2, -0.15) is 5.10 Å². The second-order valence-electron chi connectivity index (χ2n) is 3.32. The molecule has 10 heteroatoms. The maximum Gasteiger partial charge on any atom is 0.354 e. The fourth-order valence-electron chi connectivity index (χ4n) is 1.35. The lowest BCUT2D eigenvalue weighted by molar-refractivity contribution is -0.383. The van der Waals surface area contributed by atoms with Gasteiger partial charge in [-0.3, -0.25) is 14.8 Å². The van der Waals surface area contributed by atoms with Crippen molar-refractivity contribution < 1.29 is 4.92 Å². The van der Waals surface area contributed by atoms with Gasteiger partial charge in [-0.05, 0) is 0 Å². The van der Waals surface area contributed by atoms with E-state index in [-0.39, 0.29) is 17.3 Å². The van der Waals surface area contributed by atoms with E-state index < -0.39 is 4.92 Å². The molecule has 0 aliphatic heterocycles. The third-order valence-electron chi connectivity index (χ3n) is 2.10. The monoisotopic (exact) mass is 250 g/mol. The predicted molar refractivity (Wildman–Crippen MR) is 63.0 cm³/mol. The van der Waals surface area contributed by atoms with Crippen LogP contribution in [0.2, 0.25) is 0 Å². The molecule has 10 nitrogen and oxygen atoms in total. The molecular formula is C8H10N8O2. The minimum Gasteiger partial charge on any atom is -0.317 e. The second kappa shape index (κ2) is 4.63. The van der Waals surface area contributed by atoms with Gasteiger partial charge in [0.05, 0.1) is 4.92 Å². The molecular weight excluding hydrogens is 240 g/mol. The Kier molecular flexibility index (Phi) is 3.02. The first-order valence-corrected chi connectivity index (χ1v) is 4.84. The van der Waals surface area contributed by atoms with E-state index in [9.17, 15) is 10.1 Å². The molecule has 0 saturated carbocycles. The summed E-state index contributed by atoms with van der Waals surface area (Å²) in [5.74, 6) is 5.54. The number of hydrogen-bond acceptors (Lipinski definition) is 8. The summed E-state index contributed by atoms with van der Waals surface area (Å²) in [5, 5.41) is 17.7. The minimum absolute atomic E-state index is 0.0154. The van der Waals surface area contributed by atoms with Crippen LogP contribution in [0.1, 0.15) is 0 Å². The highest BCUT2D eigenvalue weighted by atomic mass is 16.6. The van der Waals surface area contributed by atoms with Crippen molar-refractivity contribution in [1.29, 1.82) is 0 Å². The van der Waals surface area contributed by atoms with Crippen molar-refractivity contribution in [3.8, 4) is 0 Å². The number of aryl methyl sites for hydroxylation is 1. The first-order valence-electron chi connectivity index (χ1n) is 4.84. The van der Waals surface area contributed by atoms with Crippen LogP contribution >= 0.6 is 0 Å². The van der Waals surface area contributed by atoms with Crippen LogP contribution in [0.4, 0.5) is 23.1 Å². The van der Waals surface area contributed by atoms with Crippen molar-refractivity contribution in [2.24, 2.45) is 12.9 Å². The lowest BCUT2D eigenvalue weighted by Gasteiger charge is -2.05. The summed E-state index contributed by atoms with van der Waals surface area (Å²) < 4.78 is 1.55. The molecule has 0 saturated heterocycles. The molecule has 0 unspecified atom stereocenters. The van der Waals surface area contributed by atoms with Crippen molar-refractivity contribution in [3.05, 3.63) is 28.7 Å². The Hall–Kier alpha value is -2.75. The SMILES string of the molecule is Cn1ccc(Nc2ncnc(NN)c2[N+](=O)[O-])n1. The number of aromatic nitrogens is 4. The fourth-order valence-corrected chi connectivity index (χ4v) is 1.35. The normalized spacial score (nSPS) is 10.1. The topological polar surface area (TPSA) is 137 Å². The van der Waals surface area contributed by atoms with Gasteiger partial charge in [-0.15, -0.1) is 0 Å². The number of anilines is 3. The van der Waals surface area contributed by atoms with E-state index >= 15 is 0 Å². The molecule has 0 aliphatic rings. The number of rotatable bonds is 4. The van der Waals surface area contributed by atoms with Crippen molar-refractivity contribution >= 4 is 23.1 Å². The summed E-state index contributed by atoms with van der Waals surface area (Å²) in [4.78, 5) is 17.8. The molecule has 0 bridgehead atoms. The van der Waals surface area contributed by atoms with E-state index in [1.54, 1.807) is 24.0 Å². The lowest BCUT2D eigenvalue weighted by atomic mass is 10.4. The van der Waals surface area contributed by atoms with E-state index in [4.69, 9.17) is 5.84 Å². The van der Waals surface area contributed by atoms with Gasteiger partial charge in [0.25, 0.3) is 0 Å². The van der Waals surface area contributed by atoms with Crippen LogP contribution in [0.25, 0.3) is 0 Å². The summed E-state index contributed by atoms with van der Waals surface area (Å²) >= 11 is 0. The zero-order valence-corrected chi connectivity index (χ0v) is 9.36. The quantitative estimate of drug-likeness (QED) is 0.396. The number of nitrogen functional groups attached to an aromatic ring is 1. The van der Waals surface area contributed by atoms with Gasteiger partial charge < -0.3 is 10.7 Å². The zero-order chi connectivity index (χ0) is 13.1. The third-order valence-corrected chi connectivity index (χ3v) is 2.10. The molecule has 4 N–H and O–H groups in total. The average Bonchev–Trinajstić information content (AvgIpc) is 2.74. The molecule has 0 aliphatic carbocycles. The van der Waals surface area contributed by atoms with Gasteiger partial charge in [0, 0.05) is 19.3 Å². The van der Waals surface area contributed by atoms with Crippen LogP contribution in [0.3, 0.4) is 0 Å². The van der Waals surface area contributed by atoms with E-state index in [1.165, 1.54) is 0 Å². The standard InChI is InChI=1S/C8H10N8O2/c1-15-3-2-5(14-15)12-7-6(16(17)18)8(13-9)11-4-10-7/h2-4H,9H2,1H3,(H2,10,11,12,13,14). The number of nitrogens with two attached hydrogens (primary N) is 1.